The second kappa shape index (κ2) is 5.60. The molecule has 4 N–H and O–H groups in total. The van der Waals surface area contributed by atoms with Crippen molar-refractivity contribution < 1.29 is 14.7 Å². The topological polar surface area (TPSA) is 98.0 Å². The van der Waals surface area contributed by atoms with E-state index in [-0.39, 0.29) is 11.5 Å². The molecule has 0 spiro atoms. The Hall–Kier alpha value is -3.80. The van der Waals surface area contributed by atoms with Gasteiger partial charge in [-0.15, -0.1) is 0 Å². The molecule has 5 rings (SSSR count). The standard InChI is InChI=1S/C21H15N3O3/c25-20-18-13(11-5-2-4-8-16(11)23-18)9-17(21(26)27)24-19(20)14-10-22-15-7-3-1-6-12(14)15/h1-10,19,22-24H,(H,26,27)/t19-/m1/s1. The Bertz CT molecular complexity index is 1260. The van der Waals surface area contributed by atoms with E-state index in [1.807, 2.05) is 48.5 Å². The summed E-state index contributed by atoms with van der Waals surface area (Å²) < 4.78 is 0. The quantitative estimate of drug-likeness (QED) is 0.440. The number of fused-ring (bicyclic) bond motifs is 4. The molecule has 132 valence electrons. The molecule has 1 atom stereocenters. The predicted molar refractivity (Wildman–Crippen MR) is 102 cm³/mol. The van der Waals surface area contributed by atoms with Gasteiger partial charge in [0.2, 0.25) is 5.78 Å². The Morgan fingerprint density at radius 3 is 2.44 bits per heavy atom. The molecular formula is C21H15N3O3. The Labute approximate surface area is 153 Å². The predicted octanol–water partition coefficient (Wildman–Crippen LogP) is 3.60. The second-order valence-electron chi connectivity index (χ2n) is 6.55. The normalized spacial score (nSPS) is 16.7. The van der Waals surface area contributed by atoms with Crippen molar-refractivity contribution in [2.45, 2.75) is 6.04 Å². The highest BCUT2D eigenvalue weighted by atomic mass is 16.4. The monoisotopic (exact) mass is 357 g/mol. The number of benzene rings is 2. The van der Waals surface area contributed by atoms with E-state index in [0.29, 0.717) is 16.8 Å². The van der Waals surface area contributed by atoms with Crippen LogP contribution in [0.25, 0.3) is 27.9 Å². The first-order valence-corrected chi connectivity index (χ1v) is 8.56. The maximum atomic E-state index is 13.4. The molecule has 0 bridgehead atoms. The van der Waals surface area contributed by atoms with Crippen molar-refractivity contribution >= 4 is 39.6 Å². The van der Waals surface area contributed by atoms with Gasteiger partial charge >= 0.3 is 5.97 Å². The lowest BCUT2D eigenvalue weighted by Crippen LogP contribution is -2.30. The van der Waals surface area contributed by atoms with E-state index in [1.54, 1.807) is 6.20 Å². The van der Waals surface area contributed by atoms with Crippen LogP contribution in [0, 0.1) is 0 Å². The number of Topliss-reactive ketones (excluding diaryl/α,β-unsaturated/α-hetero) is 1. The van der Waals surface area contributed by atoms with Crippen LogP contribution >= 0.6 is 0 Å². The van der Waals surface area contributed by atoms with Crippen LogP contribution in [0.15, 0.2) is 60.4 Å². The van der Waals surface area contributed by atoms with Gasteiger partial charge in [-0.25, -0.2) is 4.79 Å². The summed E-state index contributed by atoms with van der Waals surface area (Å²) >= 11 is 0. The minimum atomic E-state index is -1.11. The molecule has 1 aliphatic rings. The summed E-state index contributed by atoms with van der Waals surface area (Å²) in [6, 6.07) is 14.3. The molecule has 6 nitrogen and oxygen atoms in total. The molecule has 0 radical (unpaired) electrons. The Kier molecular flexibility index (Phi) is 3.21. The summed E-state index contributed by atoms with van der Waals surface area (Å²) in [4.78, 5) is 31.5. The average Bonchev–Trinajstić information content (AvgIpc) is 3.22. The molecule has 2 aromatic carbocycles. The first kappa shape index (κ1) is 15.5. The van der Waals surface area contributed by atoms with Crippen LogP contribution in [0.5, 0.6) is 0 Å². The molecule has 0 aliphatic carbocycles. The van der Waals surface area contributed by atoms with Gasteiger partial charge in [0.05, 0.1) is 5.69 Å². The fraction of sp³-hybridized carbons (Fsp3) is 0.0476. The van der Waals surface area contributed by atoms with Gasteiger partial charge in [0.15, 0.2) is 0 Å². The average molecular weight is 357 g/mol. The highest BCUT2D eigenvalue weighted by molar-refractivity contribution is 6.12. The zero-order valence-electron chi connectivity index (χ0n) is 14.1. The summed E-state index contributed by atoms with van der Waals surface area (Å²) in [5.41, 5.74) is 3.41. The fourth-order valence-corrected chi connectivity index (χ4v) is 3.73. The fourth-order valence-electron chi connectivity index (χ4n) is 3.73. The third-order valence-electron chi connectivity index (χ3n) is 5.01. The molecule has 1 aliphatic heterocycles. The zero-order chi connectivity index (χ0) is 18.5. The number of rotatable bonds is 2. The molecule has 0 saturated carbocycles. The number of aromatic nitrogens is 2. The van der Waals surface area contributed by atoms with Crippen LogP contribution in [0.3, 0.4) is 0 Å². The number of para-hydroxylation sites is 2. The van der Waals surface area contributed by atoms with Crippen LogP contribution in [-0.2, 0) is 4.79 Å². The molecule has 6 heteroatoms. The summed E-state index contributed by atoms with van der Waals surface area (Å²) in [7, 11) is 0. The van der Waals surface area contributed by atoms with Crippen LogP contribution in [0.4, 0.5) is 0 Å². The van der Waals surface area contributed by atoms with Gasteiger partial charge in [-0.2, -0.15) is 0 Å². The number of carbonyl (C=O) groups excluding carboxylic acids is 1. The van der Waals surface area contributed by atoms with Crippen LogP contribution in [0.2, 0.25) is 0 Å². The third kappa shape index (κ3) is 2.27. The summed E-state index contributed by atoms with van der Waals surface area (Å²) in [6.07, 6.45) is 3.29. The number of aromatic amines is 2. The van der Waals surface area contributed by atoms with Crippen molar-refractivity contribution in [3.63, 3.8) is 0 Å². The molecule has 0 amide bonds. The molecule has 3 heterocycles. The van der Waals surface area contributed by atoms with Gasteiger partial charge in [-0.1, -0.05) is 36.4 Å². The van der Waals surface area contributed by atoms with Gasteiger partial charge < -0.3 is 20.4 Å². The van der Waals surface area contributed by atoms with Crippen molar-refractivity contribution in [3.8, 4) is 0 Å². The van der Waals surface area contributed by atoms with Crippen molar-refractivity contribution in [1.82, 2.24) is 15.3 Å². The molecule has 4 aromatic rings. The third-order valence-corrected chi connectivity index (χ3v) is 5.01. The maximum absolute atomic E-state index is 13.4. The van der Waals surface area contributed by atoms with E-state index < -0.39 is 12.0 Å². The highest BCUT2D eigenvalue weighted by Gasteiger charge is 2.32. The van der Waals surface area contributed by atoms with E-state index in [9.17, 15) is 14.7 Å². The van der Waals surface area contributed by atoms with Crippen molar-refractivity contribution in [1.29, 1.82) is 0 Å². The Morgan fingerprint density at radius 2 is 1.67 bits per heavy atom. The number of H-pyrrole nitrogens is 2. The second-order valence-corrected chi connectivity index (χ2v) is 6.55. The Morgan fingerprint density at radius 1 is 0.963 bits per heavy atom. The summed E-state index contributed by atoms with van der Waals surface area (Å²) in [6.45, 7) is 0. The van der Waals surface area contributed by atoms with Crippen molar-refractivity contribution in [2.24, 2.45) is 0 Å². The van der Waals surface area contributed by atoms with E-state index in [4.69, 9.17) is 0 Å². The first-order valence-electron chi connectivity index (χ1n) is 8.56. The van der Waals surface area contributed by atoms with Crippen LogP contribution < -0.4 is 5.32 Å². The maximum Gasteiger partial charge on any atom is 0.352 e. The lowest BCUT2D eigenvalue weighted by Gasteiger charge is -2.16. The minimum absolute atomic E-state index is 0.0119. The van der Waals surface area contributed by atoms with Crippen molar-refractivity contribution in [3.05, 3.63) is 77.2 Å². The van der Waals surface area contributed by atoms with Gasteiger partial charge in [-0.3, -0.25) is 4.79 Å². The van der Waals surface area contributed by atoms with Gasteiger partial charge in [0.1, 0.15) is 11.7 Å². The van der Waals surface area contributed by atoms with Gasteiger partial charge in [-0.05, 0) is 18.2 Å². The van der Waals surface area contributed by atoms with E-state index >= 15 is 0 Å². The largest absolute Gasteiger partial charge is 0.477 e. The molecular weight excluding hydrogens is 342 g/mol. The summed E-state index contributed by atoms with van der Waals surface area (Å²) in [5, 5.41) is 14.3. The lowest BCUT2D eigenvalue weighted by atomic mass is 9.99. The van der Waals surface area contributed by atoms with Crippen LogP contribution in [-0.4, -0.2) is 26.8 Å². The zero-order valence-corrected chi connectivity index (χ0v) is 14.1. The number of aliphatic carboxylic acids is 1. The summed E-state index contributed by atoms with van der Waals surface area (Å²) in [5.74, 6) is -1.30. The SMILES string of the molecule is O=C(O)C1=Cc2c([nH]c3ccccc23)C(=O)[C@@H](c2c[nH]c3ccccc23)N1. The van der Waals surface area contributed by atoms with E-state index in [1.165, 1.54) is 6.08 Å². The number of carboxylic acids is 1. The van der Waals surface area contributed by atoms with Crippen LogP contribution in [0.1, 0.15) is 27.7 Å². The number of hydrogen-bond donors (Lipinski definition) is 4. The number of carboxylic acid groups (broad SMARTS) is 1. The lowest BCUT2D eigenvalue weighted by molar-refractivity contribution is -0.133. The minimum Gasteiger partial charge on any atom is -0.477 e. The molecule has 0 saturated heterocycles. The van der Waals surface area contributed by atoms with Crippen molar-refractivity contribution in [2.75, 3.05) is 0 Å². The van der Waals surface area contributed by atoms with E-state index in [2.05, 4.69) is 15.3 Å². The molecule has 0 unspecified atom stereocenters. The molecule has 0 fully saturated rings. The molecule has 27 heavy (non-hydrogen) atoms. The number of hydrogen-bond acceptors (Lipinski definition) is 3. The number of ketones is 1. The highest BCUT2D eigenvalue weighted by Crippen LogP contribution is 2.34. The smallest absolute Gasteiger partial charge is 0.352 e. The first-order chi connectivity index (χ1) is 13.1. The molecule has 2 aromatic heterocycles. The van der Waals surface area contributed by atoms with E-state index in [0.717, 1.165) is 21.8 Å². The number of carbonyl (C=O) groups is 2. The Balaban J connectivity index is 1.76. The number of nitrogens with one attached hydrogen (secondary N) is 3. The van der Waals surface area contributed by atoms with Gasteiger partial charge in [0, 0.05) is 39.1 Å². The van der Waals surface area contributed by atoms with Gasteiger partial charge in [0.25, 0.3) is 0 Å².